The zero-order valence-electron chi connectivity index (χ0n) is 10.2. The minimum atomic E-state index is -0.295. The molecule has 4 nitrogen and oxygen atoms in total. The van der Waals surface area contributed by atoms with Gasteiger partial charge in [-0.25, -0.2) is 4.79 Å². The highest BCUT2D eigenvalue weighted by Gasteiger charge is 2.44. The lowest BCUT2D eigenvalue weighted by atomic mass is 9.97. The molecule has 1 unspecified atom stereocenters. The molecule has 0 aromatic heterocycles. The molecule has 1 aliphatic carbocycles. The minimum Gasteiger partial charge on any atom is -0.444 e. The molecule has 1 heterocycles. The quantitative estimate of drug-likeness (QED) is 0.801. The van der Waals surface area contributed by atoms with Crippen molar-refractivity contribution in [3.63, 3.8) is 0 Å². The number of hydrogen-bond donors (Lipinski definition) is 0. The number of amides is 1. The van der Waals surface area contributed by atoms with E-state index in [1.165, 1.54) is 0 Å². The molecule has 0 N–H and O–H groups in total. The van der Waals surface area contributed by atoms with Crippen LogP contribution in [0.15, 0.2) is 24.3 Å². The first kappa shape index (κ1) is 11.1. The van der Waals surface area contributed by atoms with E-state index in [1.54, 1.807) is 4.90 Å². The highest BCUT2D eigenvalue weighted by atomic mass is 16.6. The van der Waals surface area contributed by atoms with Gasteiger partial charge in [0.15, 0.2) is 0 Å². The maximum atomic E-state index is 11.6. The van der Waals surface area contributed by atoms with Gasteiger partial charge in [0.25, 0.3) is 0 Å². The third-order valence-corrected chi connectivity index (χ3v) is 3.66. The van der Waals surface area contributed by atoms with Gasteiger partial charge in [0.2, 0.25) is 0 Å². The van der Waals surface area contributed by atoms with E-state index in [1.807, 2.05) is 31.2 Å². The van der Waals surface area contributed by atoms with Gasteiger partial charge in [0.1, 0.15) is 6.10 Å². The van der Waals surface area contributed by atoms with E-state index in [-0.39, 0.29) is 17.6 Å². The minimum absolute atomic E-state index is 0.0638. The second-order valence-corrected chi connectivity index (χ2v) is 5.05. The van der Waals surface area contributed by atoms with Crippen molar-refractivity contribution >= 4 is 11.8 Å². The molecule has 1 atom stereocenters. The maximum Gasteiger partial charge on any atom is 0.414 e. The fourth-order valence-electron chi connectivity index (χ4n) is 2.37. The van der Waals surface area contributed by atoms with Crippen molar-refractivity contribution in [3.8, 4) is 6.07 Å². The predicted octanol–water partition coefficient (Wildman–Crippen LogP) is 2.59. The van der Waals surface area contributed by atoms with Gasteiger partial charge in [-0.15, -0.1) is 0 Å². The van der Waals surface area contributed by atoms with Crippen LogP contribution in [-0.4, -0.2) is 18.7 Å². The van der Waals surface area contributed by atoms with Crippen LogP contribution in [0.2, 0.25) is 0 Å². The summed E-state index contributed by atoms with van der Waals surface area (Å²) >= 11 is 0. The third kappa shape index (κ3) is 1.63. The van der Waals surface area contributed by atoms with E-state index < -0.39 is 0 Å². The van der Waals surface area contributed by atoms with Crippen LogP contribution in [0.4, 0.5) is 10.5 Å². The number of anilines is 1. The van der Waals surface area contributed by atoms with Crippen LogP contribution in [0, 0.1) is 11.3 Å². The van der Waals surface area contributed by atoms with Crippen LogP contribution in [0.1, 0.15) is 25.3 Å². The van der Waals surface area contributed by atoms with Gasteiger partial charge in [-0.05, 0) is 37.5 Å². The molecule has 1 saturated heterocycles. The Morgan fingerprint density at radius 2 is 2.06 bits per heavy atom. The molecular formula is C14H14N2O2. The van der Waals surface area contributed by atoms with E-state index >= 15 is 0 Å². The first-order chi connectivity index (χ1) is 8.64. The molecule has 2 fully saturated rings. The first-order valence-corrected chi connectivity index (χ1v) is 6.15. The number of cyclic esters (lactones) is 1. The summed E-state index contributed by atoms with van der Waals surface area (Å²) in [4.78, 5) is 13.2. The van der Waals surface area contributed by atoms with Crippen LogP contribution < -0.4 is 4.90 Å². The SMILES string of the molecule is CC1CN(c2ccc(C3(C#N)CC3)cc2)C(=O)O1. The van der Waals surface area contributed by atoms with Crippen molar-refractivity contribution < 1.29 is 9.53 Å². The zero-order chi connectivity index (χ0) is 12.8. The molecule has 1 aliphatic heterocycles. The highest BCUT2D eigenvalue weighted by molar-refractivity contribution is 5.89. The number of benzene rings is 1. The molecule has 1 aromatic rings. The lowest BCUT2D eigenvalue weighted by Crippen LogP contribution is -2.24. The summed E-state index contributed by atoms with van der Waals surface area (Å²) in [6.07, 6.45) is 1.51. The average Bonchev–Trinajstić information content (AvgIpc) is 3.10. The fraction of sp³-hybridized carbons (Fsp3) is 0.429. The van der Waals surface area contributed by atoms with Gasteiger partial charge in [0, 0.05) is 5.69 Å². The van der Waals surface area contributed by atoms with Crippen molar-refractivity contribution in [1.82, 2.24) is 0 Å². The van der Waals surface area contributed by atoms with Crippen LogP contribution in [0.5, 0.6) is 0 Å². The van der Waals surface area contributed by atoms with Gasteiger partial charge < -0.3 is 4.74 Å². The molecule has 4 heteroatoms. The molecule has 1 aromatic carbocycles. The number of ether oxygens (including phenoxy) is 1. The fourth-order valence-corrected chi connectivity index (χ4v) is 2.37. The van der Waals surface area contributed by atoms with E-state index in [4.69, 9.17) is 10.00 Å². The summed E-state index contributed by atoms with van der Waals surface area (Å²) in [5.41, 5.74) is 1.62. The third-order valence-electron chi connectivity index (χ3n) is 3.66. The van der Waals surface area contributed by atoms with Crippen molar-refractivity contribution in [2.45, 2.75) is 31.3 Å². The van der Waals surface area contributed by atoms with E-state index in [2.05, 4.69) is 6.07 Å². The molecule has 3 rings (SSSR count). The van der Waals surface area contributed by atoms with Crippen molar-refractivity contribution in [1.29, 1.82) is 5.26 Å². The summed E-state index contributed by atoms with van der Waals surface area (Å²) in [7, 11) is 0. The van der Waals surface area contributed by atoms with Crippen molar-refractivity contribution in [2.75, 3.05) is 11.4 Å². The Morgan fingerprint density at radius 1 is 1.39 bits per heavy atom. The summed E-state index contributed by atoms with van der Waals surface area (Å²) in [5.74, 6) is 0. The number of rotatable bonds is 2. The largest absolute Gasteiger partial charge is 0.444 e. The Hall–Kier alpha value is -2.02. The average molecular weight is 242 g/mol. The number of hydrogen-bond acceptors (Lipinski definition) is 3. The summed E-state index contributed by atoms with van der Waals surface area (Å²) in [6, 6.07) is 10.1. The van der Waals surface area contributed by atoms with Gasteiger partial charge in [-0.1, -0.05) is 12.1 Å². The topological polar surface area (TPSA) is 53.3 Å². The molecule has 0 spiro atoms. The molecule has 1 amide bonds. The predicted molar refractivity (Wildman–Crippen MR) is 66.3 cm³/mol. The summed E-state index contributed by atoms with van der Waals surface area (Å²) in [5, 5.41) is 9.13. The van der Waals surface area contributed by atoms with Gasteiger partial charge in [0.05, 0.1) is 18.0 Å². The molecule has 18 heavy (non-hydrogen) atoms. The lowest BCUT2D eigenvalue weighted by Gasteiger charge is -2.14. The second-order valence-electron chi connectivity index (χ2n) is 5.05. The lowest BCUT2D eigenvalue weighted by molar-refractivity contribution is 0.150. The summed E-state index contributed by atoms with van der Waals surface area (Å²) < 4.78 is 5.09. The Balaban J connectivity index is 1.84. The molecule has 0 radical (unpaired) electrons. The van der Waals surface area contributed by atoms with E-state index in [0.29, 0.717) is 6.54 Å². The van der Waals surface area contributed by atoms with Crippen molar-refractivity contribution in [3.05, 3.63) is 29.8 Å². The Morgan fingerprint density at radius 3 is 2.50 bits per heavy atom. The number of nitriles is 1. The molecule has 1 saturated carbocycles. The summed E-state index contributed by atoms with van der Waals surface area (Å²) in [6.45, 7) is 2.46. The van der Waals surface area contributed by atoms with Crippen molar-refractivity contribution in [2.24, 2.45) is 0 Å². The van der Waals surface area contributed by atoms with Crippen LogP contribution in [-0.2, 0) is 10.2 Å². The Labute approximate surface area is 106 Å². The Bertz CT molecular complexity index is 526. The number of carbonyl (C=O) groups excluding carboxylic acids is 1. The second kappa shape index (κ2) is 3.74. The Kier molecular flexibility index (Phi) is 2.30. The molecule has 2 aliphatic rings. The standard InChI is InChI=1S/C14H14N2O2/c1-10-8-16(13(17)18-10)12-4-2-11(3-5-12)14(9-15)6-7-14/h2-5,10H,6-8H2,1H3. The van der Waals surface area contributed by atoms with Gasteiger partial charge in [-0.2, -0.15) is 5.26 Å². The van der Waals surface area contributed by atoms with Gasteiger partial charge in [-0.3, -0.25) is 4.90 Å². The number of carbonyl (C=O) groups is 1. The highest BCUT2D eigenvalue weighted by Crippen LogP contribution is 2.47. The molecular weight excluding hydrogens is 228 g/mol. The van der Waals surface area contributed by atoms with Crippen LogP contribution >= 0.6 is 0 Å². The smallest absolute Gasteiger partial charge is 0.414 e. The van der Waals surface area contributed by atoms with E-state index in [0.717, 1.165) is 24.1 Å². The van der Waals surface area contributed by atoms with Crippen LogP contribution in [0.25, 0.3) is 0 Å². The molecule has 0 bridgehead atoms. The maximum absolute atomic E-state index is 11.6. The molecule has 92 valence electrons. The van der Waals surface area contributed by atoms with Crippen LogP contribution in [0.3, 0.4) is 0 Å². The monoisotopic (exact) mass is 242 g/mol. The van der Waals surface area contributed by atoms with Gasteiger partial charge >= 0.3 is 6.09 Å². The zero-order valence-corrected chi connectivity index (χ0v) is 10.2. The first-order valence-electron chi connectivity index (χ1n) is 6.15. The normalized spacial score (nSPS) is 24.6. The van der Waals surface area contributed by atoms with E-state index in [9.17, 15) is 4.79 Å². The number of nitrogens with zero attached hydrogens (tertiary/aromatic N) is 2.